The van der Waals surface area contributed by atoms with Gasteiger partial charge in [0.05, 0.1) is 17.3 Å². The first-order valence-corrected chi connectivity index (χ1v) is 14.0. The number of amides is 2. The summed E-state index contributed by atoms with van der Waals surface area (Å²) in [6.07, 6.45) is 2.70. The number of fused-ring (bicyclic) bond motifs is 2. The monoisotopic (exact) mass is 566 g/mol. The second kappa shape index (κ2) is 10.6. The van der Waals surface area contributed by atoms with Crippen molar-refractivity contribution in [2.75, 3.05) is 13.6 Å². The summed E-state index contributed by atoms with van der Waals surface area (Å²) in [5, 5.41) is 24.4. The number of rotatable bonds is 5. The average molecular weight is 567 g/mol. The number of benzene rings is 1. The van der Waals surface area contributed by atoms with Crippen LogP contribution < -0.4 is 10.6 Å². The quantitative estimate of drug-likeness (QED) is 0.372. The fraction of sp³-hybridized carbons (Fsp3) is 0.423. The Kier molecular flexibility index (Phi) is 7.00. The SMILES string of the molecule is Cc1nnc([C@H]2CC[C@H](NC(=O)c3cc4ccc(Cl)cc4nn3)[C@@H](NC(=O)c3nc4c(s3)CN(C)CC4)C2)o1. The second-order valence-corrected chi connectivity index (χ2v) is 11.7. The van der Waals surface area contributed by atoms with Crippen LogP contribution >= 0.6 is 22.9 Å². The van der Waals surface area contributed by atoms with Crippen molar-refractivity contribution in [2.24, 2.45) is 0 Å². The highest BCUT2D eigenvalue weighted by Crippen LogP contribution is 2.33. The smallest absolute Gasteiger partial charge is 0.280 e. The summed E-state index contributed by atoms with van der Waals surface area (Å²) in [4.78, 5) is 34.6. The van der Waals surface area contributed by atoms with Gasteiger partial charge in [0.25, 0.3) is 11.8 Å². The molecule has 6 rings (SSSR count). The number of hydrogen-bond acceptors (Lipinski definition) is 10. The Balaban J connectivity index is 1.21. The number of halogens is 1. The van der Waals surface area contributed by atoms with E-state index in [1.807, 2.05) is 0 Å². The minimum absolute atomic E-state index is 0.0342. The van der Waals surface area contributed by atoms with Crippen LogP contribution in [-0.4, -0.2) is 67.8 Å². The molecule has 202 valence electrons. The number of likely N-dealkylation sites (N-methyl/N-ethyl adjacent to an activating group) is 1. The Labute approximate surface area is 233 Å². The van der Waals surface area contributed by atoms with E-state index in [1.165, 1.54) is 11.3 Å². The van der Waals surface area contributed by atoms with E-state index in [-0.39, 0.29) is 35.5 Å². The van der Waals surface area contributed by atoms with Gasteiger partial charge in [-0.25, -0.2) is 4.98 Å². The molecule has 0 radical (unpaired) electrons. The van der Waals surface area contributed by atoms with Gasteiger partial charge in [-0.15, -0.1) is 31.7 Å². The molecular weight excluding hydrogens is 540 g/mol. The molecule has 1 aliphatic carbocycles. The van der Waals surface area contributed by atoms with Crippen LogP contribution in [0.1, 0.15) is 67.8 Å². The fourth-order valence-corrected chi connectivity index (χ4v) is 6.47. The molecule has 1 aromatic carbocycles. The molecule has 4 heterocycles. The van der Waals surface area contributed by atoms with Gasteiger partial charge in [-0.3, -0.25) is 9.59 Å². The van der Waals surface area contributed by atoms with Crippen LogP contribution in [0.3, 0.4) is 0 Å². The van der Waals surface area contributed by atoms with Gasteiger partial charge in [-0.05, 0) is 44.5 Å². The van der Waals surface area contributed by atoms with E-state index in [1.54, 1.807) is 31.2 Å². The standard InChI is InChI=1S/C26H27ClN8O3S/c1-13-31-34-25(38-13)15-4-6-17(28-23(36)21-9-14-3-5-16(27)11-19(14)32-33-21)20(10-15)29-24(37)26-30-18-7-8-35(2)12-22(18)39-26/h3,5,9,11,15,17,20H,4,6-8,10,12H2,1-2H3,(H,28,36)(H,29,37)/t15-,17-,20-/m0/s1. The van der Waals surface area contributed by atoms with E-state index in [9.17, 15) is 9.59 Å². The number of aromatic nitrogens is 5. The number of hydrogen-bond donors (Lipinski definition) is 2. The number of nitrogens with one attached hydrogen (secondary N) is 2. The summed E-state index contributed by atoms with van der Waals surface area (Å²) in [5.74, 6) is 0.404. The summed E-state index contributed by atoms with van der Waals surface area (Å²) in [5.41, 5.74) is 1.80. The molecule has 1 aliphatic heterocycles. The zero-order valence-electron chi connectivity index (χ0n) is 21.5. The normalized spacial score (nSPS) is 21.5. The van der Waals surface area contributed by atoms with Crippen LogP contribution in [0.5, 0.6) is 0 Å². The Hall–Kier alpha value is -3.48. The highest BCUT2D eigenvalue weighted by atomic mass is 35.5. The number of thiazole rings is 1. The van der Waals surface area contributed by atoms with Crippen LogP contribution in [0.25, 0.3) is 10.9 Å². The molecule has 3 aromatic heterocycles. The third-order valence-corrected chi connectivity index (χ3v) is 8.59. The lowest BCUT2D eigenvalue weighted by molar-refractivity contribution is 0.0850. The maximum absolute atomic E-state index is 13.4. The van der Waals surface area contributed by atoms with Crippen molar-refractivity contribution in [1.29, 1.82) is 0 Å². The fourth-order valence-electron chi connectivity index (χ4n) is 5.22. The summed E-state index contributed by atoms with van der Waals surface area (Å²) in [7, 11) is 2.06. The van der Waals surface area contributed by atoms with Gasteiger partial charge in [0, 0.05) is 53.7 Å². The Bertz CT molecular complexity index is 1560. The van der Waals surface area contributed by atoms with Crippen LogP contribution in [0, 0.1) is 6.92 Å². The van der Waals surface area contributed by atoms with Gasteiger partial charge >= 0.3 is 0 Å². The molecule has 2 aliphatic rings. The van der Waals surface area contributed by atoms with E-state index in [0.717, 1.165) is 41.9 Å². The molecule has 1 fully saturated rings. The van der Waals surface area contributed by atoms with E-state index in [4.69, 9.17) is 16.0 Å². The Morgan fingerprint density at radius 3 is 2.74 bits per heavy atom. The zero-order valence-corrected chi connectivity index (χ0v) is 23.1. The van der Waals surface area contributed by atoms with Crippen molar-refractivity contribution in [2.45, 2.75) is 57.2 Å². The molecule has 0 unspecified atom stereocenters. The summed E-state index contributed by atoms with van der Waals surface area (Å²) < 4.78 is 5.70. The predicted molar refractivity (Wildman–Crippen MR) is 145 cm³/mol. The number of carbonyl (C=O) groups is 2. The lowest BCUT2D eigenvalue weighted by atomic mass is 9.82. The van der Waals surface area contributed by atoms with Gasteiger partial charge in [-0.1, -0.05) is 17.7 Å². The summed E-state index contributed by atoms with van der Waals surface area (Å²) in [6, 6.07) is 6.23. The van der Waals surface area contributed by atoms with Crippen molar-refractivity contribution in [3.8, 4) is 0 Å². The molecular formula is C26H27ClN8O3S. The third kappa shape index (κ3) is 5.49. The number of carbonyl (C=O) groups excluding carboxylic acids is 2. The summed E-state index contributed by atoms with van der Waals surface area (Å²) in [6.45, 7) is 3.46. The molecule has 11 nitrogen and oxygen atoms in total. The van der Waals surface area contributed by atoms with Gasteiger partial charge in [-0.2, -0.15) is 0 Å². The average Bonchev–Trinajstić information content (AvgIpc) is 3.55. The number of aryl methyl sites for hydroxylation is 1. The van der Waals surface area contributed by atoms with Crippen molar-refractivity contribution in [3.63, 3.8) is 0 Å². The predicted octanol–water partition coefficient (Wildman–Crippen LogP) is 3.28. The van der Waals surface area contributed by atoms with Crippen LogP contribution in [0.4, 0.5) is 0 Å². The minimum atomic E-state index is -0.372. The second-order valence-electron chi connectivity index (χ2n) is 10.1. The van der Waals surface area contributed by atoms with E-state index < -0.39 is 0 Å². The first kappa shape index (κ1) is 25.8. The molecule has 4 aromatic rings. The molecule has 3 atom stereocenters. The van der Waals surface area contributed by atoms with Gasteiger partial charge < -0.3 is 20.0 Å². The van der Waals surface area contributed by atoms with Crippen LogP contribution in [0.2, 0.25) is 5.02 Å². The maximum atomic E-state index is 13.4. The molecule has 1 saturated carbocycles. The highest BCUT2D eigenvalue weighted by Gasteiger charge is 2.36. The molecule has 2 amide bonds. The minimum Gasteiger partial charge on any atom is -0.425 e. The largest absolute Gasteiger partial charge is 0.425 e. The topological polar surface area (TPSA) is 139 Å². The van der Waals surface area contributed by atoms with E-state index in [2.05, 4.69) is 48.0 Å². The van der Waals surface area contributed by atoms with E-state index >= 15 is 0 Å². The van der Waals surface area contributed by atoms with Gasteiger partial charge in [0.2, 0.25) is 11.8 Å². The first-order chi connectivity index (χ1) is 18.8. The third-order valence-electron chi connectivity index (χ3n) is 7.27. The van der Waals surface area contributed by atoms with Crippen molar-refractivity contribution in [3.05, 3.63) is 62.3 Å². The first-order valence-electron chi connectivity index (χ1n) is 12.8. The number of nitrogens with zero attached hydrogens (tertiary/aromatic N) is 6. The van der Waals surface area contributed by atoms with Crippen LogP contribution in [-0.2, 0) is 13.0 Å². The Morgan fingerprint density at radius 1 is 1.08 bits per heavy atom. The lowest BCUT2D eigenvalue weighted by Gasteiger charge is -2.35. The van der Waals surface area contributed by atoms with Gasteiger partial charge in [0.1, 0.15) is 0 Å². The highest BCUT2D eigenvalue weighted by molar-refractivity contribution is 7.13. The molecule has 0 spiro atoms. The van der Waals surface area contributed by atoms with Crippen LogP contribution in [0.15, 0.2) is 28.7 Å². The lowest BCUT2D eigenvalue weighted by Crippen LogP contribution is -2.54. The molecule has 39 heavy (non-hydrogen) atoms. The van der Waals surface area contributed by atoms with E-state index in [0.29, 0.717) is 40.2 Å². The van der Waals surface area contributed by atoms with Crippen molar-refractivity contribution in [1.82, 2.24) is 40.9 Å². The molecule has 2 N–H and O–H groups in total. The van der Waals surface area contributed by atoms with Crippen molar-refractivity contribution < 1.29 is 14.0 Å². The molecule has 0 saturated heterocycles. The molecule has 0 bridgehead atoms. The maximum Gasteiger partial charge on any atom is 0.280 e. The van der Waals surface area contributed by atoms with Gasteiger partial charge in [0.15, 0.2) is 10.7 Å². The zero-order chi connectivity index (χ0) is 27.1. The molecule has 13 heteroatoms. The summed E-state index contributed by atoms with van der Waals surface area (Å²) >= 11 is 7.47. The van der Waals surface area contributed by atoms with Crippen molar-refractivity contribution >= 4 is 45.7 Å². The Morgan fingerprint density at radius 2 is 1.92 bits per heavy atom.